The quantitative estimate of drug-likeness (QED) is 0.807. The molecule has 0 aromatic heterocycles. The van der Waals surface area contributed by atoms with Crippen molar-refractivity contribution in [2.75, 3.05) is 0 Å². The van der Waals surface area contributed by atoms with Gasteiger partial charge in [-0.1, -0.05) is 50.8 Å². The van der Waals surface area contributed by atoms with Crippen LogP contribution < -0.4 is 0 Å². The van der Waals surface area contributed by atoms with E-state index in [-0.39, 0.29) is 0 Å². The summed E-state index contributed by atoms with van der Waals surface area (Å²) in [6, 6.07) is 4.27. The van der Waals surface area contributed by atoms with Gasteiger partial charge in [0.15, 0.2) is 0 Å². The van der Waals surface area contributed by atoms with E-state index in [4.69, 9.17) is 0 Å². The summed E-state index contributed by atoms with van der Waals surface area (Å²) in [6.45, 7) is 6.40. The normalized spacial score (nSPS) is 16.5. The van der Waals surface area contributed by atoms with Gasteiger partial charge in [0.2, 0.25) is 0 Å². The number of rotatable bonds is 3. The molecule has 1 aliphatic carbocycles. The lowest BCUT2D eigenvalue weighted by Crippen LogP contribution is -2.14. The lowest BCUT2D eigenvalue weighted by atomic mass is 9.80. The molecule has 2 rings (SSSR count). The van der Waals surface area contributed by atoms with E-state index in [0.717, 1.165) is 23.5 Å². The van der Waals surface area contributed by atoms with Gasteiger partial charge < -0.3 is 5.11 Å². The van der Waals surface area contributed by atoms with Crippen LogP contribution in [0.25, 0.3) is 0 Å². The van der Waals surface area contributed by atoms with Crippen molar-refractivity contribution in [1.82, 2.24) is 0 Å². The van der Waals surface area contributed by atoms with E-state index < -0.39 is 0 Å². The fourth-order valence-corrected chi connectivity index (χ4v) is 2.49. The Morgan fingerprint density at radius 3 is 2.50 bits per heavy atom. The lowest BCUT2D eigenvalue weighted by molar-refractivity contribution is 0.310. The largest absolute Gasteiger partial charge is 0.507 e. The minimum Gasteiger partial charge on any atom is -0.507 e. The first kappa shape index (κ1) is 11.5. The van der Waals surface area contributed by atoms with Gasteiger partial charge in [0.05, 0.1) is 0 Å². The average molecular weight is 218 g/mol. The van der Waals surface area contributed by atoms with E-state index in [0.29, 0.717) is 11.7 Å². The Morgan fingerprint density at radius 1 is 1.31 bits per heavy atom. The van der Waals surface area contributed by atoms with E-state index in [9.17, 15) is 5.11 Å². The van der Waals surface area contributed by atoms with Crippen molar-refractivity contribution >= 4 is 0 Å². The van der Waals surface area contributed by atoms with Gasteiger partial charge in [-0.15, -0.1) is 0 Å². The summed E-state index contributed by atoms with van der Waals surface area (Å²) in [5, 5.41) is 10.3. The molecule has 0 bridgehead atoms. The Bertz CT molecular complexity index is 375. The second-order valence-corrected chi connectivity index (χ2v) is 5.52. The highest BCUT2D eigenvalue weighted by Gasteiger charge is 2.20. The molecule has 0 radical (unpaired) electrons. The molecule has 1 N–H and O–H groups in total. The fraction of sp³-hybridized carbons (Fsp3) is 0.600. The maximum atomic E-state index is 10.3. The van der Waals surface area contributed by atoms with E-state index in [1.165, 1.54) is 24.8 Å². The molecule has 1 heteroatoms. The van der Waals surface area contributed by atoms with Crippen LogP contribution in [0.4, 0.5) is 0 Å². The number of phenols is 1. The number of phenolic OH excluding ortho intramolecular Hbond substituents is 1. The van der Waals surface area contributed by atoms with E-state index in [2.05, 4.69) is 32.9 Å². The Morgan fingerprint density at radius 2 is 2.00 bits per heavy atom. The third-order valence-corrected chi connectivity index (χ3v) is 3.72. The van der Waals surface area contributed by atoms with Crippen LogP contribution in [0.1, 0.15) is 55.7 Å². The maximum Gasteiger partial charge on any atom is 0.122 e. The standard InChI is InChI=1S/C15H22O/c1-10(2)14-8-11(3)7-13(15(14)16)9-12-5-4-6-12/h7-8,10,12,16H,4-6,9H2,1-3H3. The molecule has 16 heavy (non-hydrogen) atoms. The summed E-state index contributed by atoms with van der Waals surface area (Å²) in [5.41, 5.74) is 3.54. The topological polar surface area (TPSA) is 20.2 Å². The minimum absolute atomic E-state index is 0.403. The monoisotopic (exact) mass is 218 g/mol. The Kier molecular flexibility index (Phi) is 3.22. The molecule has 0 amide bonds. The molecule has 1 aliphatic rings. The van der Waals surface area contributed by atoms with Crippen LogP contribution >= 0.6 is 0 Å². The average Bonchev–Trinajstić information content (AvgIpc) is 2.15. The van der Waals surface area contributed by atoms with Gasteiger partial charge in [-0.25, -0.2) is 0 Å². The molecule has 1 aromatic rings. The van der Waals surface area contributed by atoms with Crippen molar-refractivity contribution in [2.24, 2.45) is 5.92 Å². The zero-order valence-corrected chi connectivity index (χ0v) is 10.6. The Balaban J connectivity index is 2.28. The van der Waals surface area contributed by atoms with E-state index >= 15 is 0 Å². The molecular formula is C15H22O. The molecule has 1 nitrogen and oxygen atoms in total. The molecule has 0 heterocycles. The number of hydrogen-bond acceptors (Lipinski definition) is 1. The van der Waals surface area contributed by atoms with Crippen molar-refractivity contribution in [3.63, 3.8) is 0 Å². The fourth-order valence-electron chi connectivity index (χ4n) is 2.49. The van der Waals surface area contributed by atoms with Gasteiger partial charge in [0, 0.05) is 0 Å². The van der Waals surface area contributed by atoms with Gasteiger partial charge >= 0.3 is 0 Å². The predicted molar refractivity (Wildman–Crippen MR) is 68.0 cm³/mol. The Labute approximate surface area is 98.5 Å². The van der Waals surface area contributed by atoms with Crippen molar-refractivity contribution in [2.45, 2.75) is 52.4 Å². The number of aromatic hydroxyl groups is 1. The van der Waals surface area contributed by atoms with Crippen molar-refractivity contribution < 1.29 is 5.11 Å². The molecule has 1 fully saturated rings. The third-order valence-electron chi connectivity index (χ3n) is 3.72. The molecular weight excluding hydrogens is 196 g/mol. The van der Waals surface area contributed by atoms with Crippen LogP contribution in [0.2, 0.25) is 0 Å². The smallest absolute Gasteiger partial charge is 0.122 e. The zero-order valence-electron chi connectivity index (χ0n) is 10.6. The molecule has 88 valence electrons. The molecule has 0 aliphatic heterocycles. The summed E-state index contributed by atoms with van der Waals surface area (Å²) in [6.07, 6.45) is 5.11. The first-order valence-corrected chi connectivity index (χ1v) is 6.40. The SMILES string of the molecule is Cc1cc(CC2CCC2)c(O)c(C(C)C)c1. The summed E-state index contributed by atoms with van der Waals surface area (Å²) < 4.78 is 0. The van der Waals surface area contributed by atoms with Crippen LogP contribution in [-0.2, 0) is 6.42 Å². The molecule has 0 unspecified atom stereocenters. The van der Waals surface area contributed by atoms with Gasteiger partial charge in [-0.3, -0.25) is 0 Å². The number of aryl methyl sites for hydroxylation is 1. The van der Waals surface area contributed by atoms with Crippen LogP contribution in [0.3, 0.4) is 0 Å². The first-order valence-electron chi connectivity index (χ1n) is 6.40. The number of hydrogen-bond donors (Lipinski definition) is 1. The van der Waals surface area contributed by atoms with Crippen LogP contribution in [0, 0.1) is 12.8 Å². The third kappa shape index (κ3) is 2.23. The van der Waals surface area contributed by atoms with Crippen molar-refractivity contribution in [3.8, 4) is 5.75 Å². The van der Waals surface area contributed by atoms with Gasteiger partial charge in [0.25, 0.3) is 0 Å². The summed E-state index contributed by atoms with van der Waals surface area (Å²) >= 11 is 0. The molecule has 1 saturated carbocycles. The van der Waals surface area contributed by atoms with Crippen molar-refractivity contribution in [1.29, 1.82) is 0 Å². The lowest BCUT2D eigenvalue weighted by Gasteiger charge is -2.26. The number of benzene rings is 1. The van der Waals surface area contributed by atoms with Gasteiger partial charge in [0.1, 0.15) is 5.75 Å². The second-order valence-electron chi connectivity index (χ2n) is 5.52. The molecule has 0 atom stereocenters. The summed E-state index contributed by atoms with van der Waals surface area (Å²) in [4.78, 5) is 0. The van der Waals surface area contributed by atoms with E-state index in [1.807, 2.05) is 0 Å². The first-order chi connectivity index (χ1) is 7.58. The Hall–Kier alpha value is -0.980. The van der Waals surface area contributed by atoms with Gasteiger partial charge in [-0.05, 0) is 36.3 Å². The highest BCUT2D eigenvalue weighted by Crippen LogP contribution is 2.36. The highest BCUT2D eigenvalue weighted by molar-refractivity contribution is 5.45. The zero-order chi connectivity index (χ0) is 11.7. The predicted octanol–water partition coefficient (Wildman–Crippen LogP) is 4.17. The van der Waals surface area contributed by atoms with E-state index in [1.54, 1.807) is 0 Å². The summed E-state index contributed by atoms with van der Waals surface area (Å²) in [7, 11) is 0. The minimum atomic E-state index is 0.403. The molecule has 0 spiro atoms. The van der Waals surface area contributed by atoms with Crippen LogP contribution in [-0.4, -0.2) is 5.11 Å². The van der Waals surface area contributed by atoms with Gasteiger partial charge in [-0.2, -0.15) is 0 Å². The molecule has 1 aromatic carbocycles. The highest BCUT2D eigenvalue weighted by atomic mass is 16.3. The van der Waals surface area contributed by atoms with Crippen molar-refractivity contribution in [3.05, 3.63) is 28.8 Å². The maximum absolute atomic E-state index is 10.3. The molecule has 0 saturated heterocycles. The van der Waals surface area contributed by atoms with Crippen LogP contribution in [0.15, 0.2) is 12.1 Å². The summed E-state index contributed by atoms with van der Waals surface area (Å²) in [5.74, 6) is 1.76. The second kappa shape index (κ2) is 4.48. The van der Waals surface area contributed by atoms with Crippen LogP contribution in [0.5, 0.6) is 5.75 Å².